The first kappa shape index (κ1) is 21.1. The topological polar surface area (TPSA) is 131 Å². The van der Waals surface area contributed by atoms with Gasteiger partial charge in [-0.3, -0.25) is 0 Å². The highest BCUT2D eigenvalue weighted by molar-refractivity contribution is 5.80. The molecule has 0 aliphatic carbocycles. The van der Waals surface area contributed by atoms with Gasteiger partial charge in [0.05, 0.1) is 20.3 Å². The summed E-state index contributed by atoms with van der Waals surface area (Å²) in [5, 5.41) is 0. The fourth-order valence-corrected chi connectivity index (χ4v) is 0.368. The van der Waals surface area contributed by atoms with Crippen molar-refractivity contribution < 1.29 is 28.6 Å². The molecule has 4 N–H and O–H groups in total. The highest BCUT2D eigenvalue weighted by Gasteiger charge is 1.83. The third kappa shape index (κ3) is 37.2. The first-order valence-corrected chi connectivity index (χ1v) is 4.90. The standard InChI is InChI=1S/C4H6O2.2C3H7NO2/c1-3-4(5)6-2;2*1-2-6-3(4)5/h3H,1H2,2H3;2*2H2,1H3,(H2,4,5). The number of methoxy groups -OCH3 is 1. The molecule has 8 nitrogen and oxygen atoms in total. The van der Waals surface area contributed by atoms with E-state index in [0.29, 0.717) is 13.2 Å². The maximum atomic E-state index is 9.84. The van der Waals surface area contributed by atoms with Crippen molar-refractivity contribution in [3.8, 4) is 0 Å². The smallest absolute Gasteiger partial charge is 0.404 e. The summed E-state index contributed by atoms with van der Waals surface area (Å²) in [7, 11) is 1.31. The number of nitrogens with two attached hydrogens (primary N) is 2. The van der Waals surface area contributed by atoms with Crippen molar-refractivity contribution in [1.82, 2.24) is 0 Å². The van der Waals surface area contributed by atoms with Crippen molar-refractivity contribution in [2.24, 2.45) is 11.5 Å². The van der Waals surface area contributed by atoms with Gasteiger partial charge in [-0.25, -0.2) is 14.4 Å². The van der Waals surface area contributed by atoms with Gasteiger partial charge in [0.15, 0.2) is 0 Å². The van der Waals surface area contributed by atoms with E-state index in [0.717, 1.165) is 6.08 Å². The molecule has 0 aliphatic rings. The van der Waals surface area contributed by atoms with Crippen LogP contribution in [0, 0.1) is 0 Å². The normalized spacial score (nSPS) is 7.28. The number of ether oxygens (including phenoxy) is 3. The van der Waals surface area contributed by atoms with E-state index >= 15 is 0 Å². The third-order valence-corrected chi connectivity index (χ3v) is 0.941. The summed E-state index contributed by atoms with van der Waals surface area (Å²) in [6.07, 6.45) is -0.310. The van der Waals surface area contributed by atoms with E-state index in [9.17, 15) is 14.4 Å². The van der Waals surface area contributed by atoms with Crippen LogP contribution in [0.3, 0.4) is 0 Å². The van der Waals surface area contributed by atoms with Crippen LogP contribution < -0.4 is 11.5 Å². The fraction of sp³-hybridized carbons (Fsp3) is 0.500. The molecule has 2 amide bonds. The van der Waals surface area contributed by atoms with E-state index < -0.39 is 18.2 Å². The van der Waals surface area contributed by atoms with Gasteiger partial charge in [0.25, 0.3) is 0 Å². The Morgan fingerprint density at radius 1 is 1.06 bits per heavy atom. The number of hydrogen-bond donors (Lipinski definition) is 2. The molecule has 0 radical (unpaired) electrons. The molecular weight excluding hydrogens is 244 g/mol. The van der Waals surface area contributed by atoms with Crippen LogP contribution in [0.1, 0.15) is 13.8 Å². The first-order chi connectivity index (χ1) is 8.35. The van der Waals surface area contributed by atoms with E-state index in [1.54, 1.807) is 13.8 Å². The number of carbonyl (C=O) groups is 3. The fourth-order valence-electron chi connectivity index (χ4n) is 0.368. The van der Waals surface area contributed by atoms with Crippen LogP contribution in [0.5, 0.6) is 0 Å². The number of esters is 1. The summed E-state index contributed by atoms with van der Waals surface area (Å²) in [5.41, 5.74) is 9.08. The number of primary amides is 2. The molecule has 8 heteroatoms. The average molecular weight is 264 g/mol. The molecule has 0 saturated heterocycles. The monoisotopic (exact) mass is 264 g/mol. The molecular formula is C10H20N2O6. The zero-order valence-corrected chi connectivity index (χ0v) is 10.8. The summed E-state index contributed by atoms with van der Waals surface area (Å²) in [6.45, 7) is 7.27. The molecule has 0 spiro atoms. The van der Waals surface area contributed by atoms with Crippen molar-refractivity contribution in [3.05, 3.63) is 12.7 Å². The van der Waals surface area contributed by atoms with E-state index in [-0.39, 0.29) is 0 Å². The van der Waals surface area contributed by atoms with Crippen molar-refractivity contribution in [2.75, 3.05) is 20.3 Å². The molecule has 0 atom stereocenters. The van der Waals surface area contributed by atoms with Gasteiger partial charge in [-0.15, -0.1) is 0 Å². The second kappa shape index (κ2) is 17.2. The van der Waals surface area contributed by atoms with Gasteiger partial charge in [-0.1, -0.05) is 6.58 Å². The summed E-state index contributed by atoms with van der Waals surface area (Å²) in [6, 6.07) is 0. The molecule has 0 rings (SSSR count). The Kier molecular flexibility index (Phi) is 20.1. The largest absolute Gasteiger partial charge is 0.466 e. The molecule has 0 fully saturated rings. The minimum atomic E-state index is -0.711. The summed E-state index contributed by atoms with van der Waals surface area (Å²) in [5.74, 6) is -0.394. The number of hydrogen-bond acceptors (Lipinski definition) is 6. The van der Waals surface area contributed by atoms with Crippen LogP contribution in [-0.4, -0.2) is 38.5 Å². The van der Waals surface area contributed by atoms with Crippen LogP contribution in [0.2, 0.25) is 0 Å². The van der Waals surface area contributed by atoms with Crippen LogP contribution >= 0.6 is 0 Å². The van der Waals surface area contributed by atoms with Gasteiger partial charge in [0.2, 0.25) is 0 Å². The number of amides is 2. The Balaban J connectivity index is -0.000000187. The molecule has 0 bridgehead atoms. The summed E-state index contributed by atoms with van der Waals surface area (Å²) < 4.78 is 12.5. The quantitative estimate of drug-likeness (QED) is 0.434. The highest BCUT2D eigenvalue weighted by atomic mass is 16.5. The lowest BCUT2D eigenvalue weighted by molar-refractivity contribution is -0.134. The van der Waals surface area contributed by atoms with E-state index in [1.807, 2.05) is 0 Å². The average Bonchev–Trinajstić information content (AvgIpc) is 2.29. The summed E-state index contributed by atoms with van der Waals surface area (Å²) >= 11 is 0. The number of carbonyl (C=O) groups excluding carboxylic acids is 3. The zero-order chi connectivity index (χ0) is 15.0. The zero-order valence-electron chi connectivity index (χ0n) is 10.8. The van der Waals surface area contributed by atoms with Gasteiger partial charge in [0, 0.05) is 6.08 Å². The molecule has 0 saturated carbocycles. The van der Waals surface area contributed by atoms with Gasteiger partial charge in [-0.2, -0.15) is 0 Å². The Hall–Kier alpha value is -2.25. The Bertz CT molecular complexity index is 239. The Labute approximate surface area is 106 Å². The van der Waals surface area contributed by atoms with Gasteiger partial charge in [-0.05, 0) is 13.8 Å². The minimum absolute atomic E-state index is 0.356. The highest BCUT2D eigenvalue weighted by Crippen LogP contribution is 1.68. The van der Waals surface area contributed by atoms with E-state index in [1.165, 1.54) is 7.11 Å². The number of rotatable bonds is 3. The Morgan fingerprint density at radius 3 is 1.39 bits per heavy atom. The van der Waals surface area contributed by atoms with Gasteiger partial charge < -0.3 is 25.7 Å². The molecule has 0 aromatic carbocycles. The summed E-state index contributed by atoms with van der Waals surface area (Å²) in [4.78, 5) is 29.0. The molecule has 0 unspecified atom stereocenters. The van der Waals surface area contributed by atoms with E-state index in [4.69, 9.17) is 0 Å². The van der Waals surface area contributed by atoms with Crippen LogP contribution in [-0.2, 0) is 19.0 Å². The second-order valence-corrected chi connectivity index (χ2v) is 2.23. The molecule has 0 aliphatic heterocycles. The molecule has 18 heavy (non-hydrogen) atoms. The van der Waals surface area contributed by atoms with Gasteiger partial charge >= 0.3 is 18.2 Å². The first-order valence-electron chi connectivity index (χ1n) is 4.90. The minimum Gasteiger partial charge on any atom is -0.466 e. The lowest BCUT2D eigenvalue weighted by Gasteiger charge is -1.89. The maximum absolute atomic E-state index is 9.84. The van der Waals surface area contributed by atoms with Crippen molar-refractivity contribution in [1.29, 1.82) is 0 Å². The molecule has 0 heterocycles. The third-order valence-electron chi connectivity index (χ3n) is 0.941. The second-order valence-electron chi connectivity index (χ2n) is 2.23. The lowest BCUT2D eigenvalue weighted by Crippen LogP contribution is -2.11. The van der Waals surface area contributed by atoms with Crippen molar-refractivity contribution >= 4 is 18.2 Å². The SMILES string of the molecule is C=CC(=O)OC.CCOC(N)=O.CCOC(N)=O. The van der Waals surface area contributed by atoms with E-state index in [2.05, 4.69) is 32.3 Å². The van der Waals surface area contributed by atoms with Crippen molar-refractivity contribution in [2.45, 2.75) is 13.8 Å². The van der Waals surface area contributed by atoms with Crippen LogP contribution in [0.25, 0.3) is 0 Å². The lowest BCUT2D eigenvalue weighted by atomic mass is 10.7. The predicted octanol–water partition coefficient (Wildman–Crippen LogP) is 0.549. The van der Waals surface area contributed by atoms with Crippen LogP contribution in [0.15, 0.2) is 12.7 Å². The van der Waals surface area contributed by atoms with Gasteiger partial charge in [0.1, 0.15) is 0 Å². The van der Waals surface area contributed by atoms with Crippen molar-refractivity contribution in [3.63, 3.8) is 0 Å². The molecule has 106 valence electrons. The maximum Gasteiger partial charge on any atom is 0.404 e. The Morgan fingerprint density at radius 2 is 1.39 bits per heavy atom. The molecule has 0 aromatic heterocycles. The molecule has 0 aromatic rings. The van der Waals surface area contributed by atoms with Crippen LogP contribution in [0.4, 0.5) is 9.59 Å². The predicted molar refractivity (Wildman–Crippen MR) is 64.6 cm³/mol.